The van der Waals surface area contributed by atoms with Gasteiger partial charge in [0.1, 0.15) is 24.0 Å². The van der Waals surface area contributed by atoms with Gasteiger partial charge in [0.25, 0.3) is 0 Å². The molecule has 17 aliphatic rings. The number of carbonyl (C=O) groups is 3. The molecule has 8 aliphatic heterocycles. The summed E-state index contributed by atoms with van der Waals surface area (Å²) < 4.78 is 32.6. The Morgan fingerprint density at radius 2 is 1.10 bits per heavy atom. The van der Waals surface area contributed by atoms with E-state index in [-0.39, 0.29) is 87.1 Å². The lowest BCUT2D eigenvalue weighted by molar-refractivity contribution is -0.953. The molecule has 6 saturated carbocycles. The summed E-state index contributed by atoms with van der Waals surface area (Å²) in [5.74, 6) is 5.10. The van der Waals surface area contributed by atoms with E-state index in [1.54, 1.807) is 18.2 Å². The third kappa shape index (κ3) is 6.45. The maximum atomic E-state index is 12.9. The van der Waals surface area contributed by atoms with Gasteiger partial charge < -0.3 is 61.1 Å². The van der Waals surface area contributed by atoms with Gasteiger partial charge in [-0.05, 0) is 137 Å². The van der Waals surface area contributed by atoms with Crippen molar-refractivity contribution < 1.29 is 80.0 Å². The monoisotopic (exact) mass is 1220 g/mol. The van der Waals surface area contributed by atoms with Crippen molar-refractivity contribution in [3.63, 3.8) is 0 Å². The second-order valence-electron chi connectivity index (χ2n) is 27.2. The highest BCUT2D eigenvalue weighted by molar-refractivity contribution is 9.09. The maximum Gasteiger partial charge on any atom is 0.184 e. The van der Waals surface area contributed by atoms with Gasteiger partial charge in [-0.25, -0.2) is 0 Å². The molecule has 1 unspecified atom stereocenters. The lowest BCUT2D eigenvalue weighted by atomic mass is 9.49. The van der Waals surface area contributed by atoms with Gasteiger partial charge in [0, 0.05) is 85.2 Å². The third-order valence-electron chi connectivity index (χ3n) is 23.9. The van der Waals surface area contributed by atoms with E-state index in [0.29, 0.717) is 61.7 Å². The van der Waals surface area contributed by atoms with Gasteiger partial charge in [-0.15, -0.1) is 0 Å². The van der Waals surface area contributed by atoms with Crippen molar-refractivity contribution >= 4 is 33.3 Å². The summed E-state index contributed by atoms with van der Waals surface area (Å²) in [5, 5.41) is 44.3. The van der Waals surface area contributed by atoms with Crippen LogP contribution in [0.1, 0.15) is 137 Å². The highest BCUT2D eigenvalue weighted by atomic mass is 79.9. The Bertz CT molecular complexity index is 3190. The molecule has 17 heteroatoms. The normalized spacial score (nSPS) is 42.4. The van der Waals surface area contributed by atoms with Crippen molar-refractivity contribution in [3.8, 4) is 34.5 Å². The number of Topliss-reactive ketones (excluding diaryl/α,β-unsaturated/α-hetero) is 3. The fourth-order valence-electron chi connectivity index (χ4n) is 20.0. The lowest BCUT2D eigenvalue weighted by Gasteiger charge is -2.62. The van der Waals surface area contributed by atoms with Gasteiger partial charge in [0.2, 0.25) is 0 Å². The number of nitrogens with zero attached hydrogens (tertiary/aromatic N) is 3. The van der Waals surface area contributed by atoms with Crippen LogP contribution in [-0.2, 0) is 59.4 Å². The fraction of sp³-hybridized carbons (Fsp3) is 0.667. The molecule has 5 saturated heterocycles. The molecule has 8 heterocycles. The van der Waals surface area contributed by atoms with Gasteiger partial charge in [-0.3, -0.25) is 28.7 Å². The van der Waals surface area contributed by atoms with Crippen molar-refractivity contribution in [2.45, 2.75) is 192 Å². The Hall–Kier alpha value is -3.81. The van der Waals surface area contributed by atoms with Crippen molar-refractivity contribution in [2.75, 3.05) is 51.5 Å². The zero-order valence-electron chi connectivity index (χ0n) is 44.7. The Balaban J connectivity index is 0.0000000981. The van der Waals surface area contributed by atoms with Crippen LogP contribution in [0, 0.1) is 17.8 Å². The average Bonchev–Trinajstić information content (AvgIpc) is 1.91. The fourth-order valence-corrected chi connectivity index (χ4v) is 20.7. The van der Waals surface area contributed by atoms with Crippen LogP contribution in [0.3, 0.4) is 0 Å². The summed E-state index contributed by atoms with van der Waals surface area (Å²) in [6.07, 6.45) is 15.4. The summed E-state index contributed by atoms with van der Waals surface area (Å²) in [7, 11) is 0. The van der Waals surface area contributed by atoms with Gasteiger partial charge in [0.05, 0.1) is 34.9 Å². The van der Waals surface area contributed by atoms with Gasteiger partial charge >= 0.3 is 0 Å². The predicted molar refractivity (Wildman–Crippen MR) is 291 cm³/mol. The first-order valence-corrected chi connectivity index (χ1v) is 30.9. The van der Waals surface area contributed by atoms with Crippen molar-refractivity contribution in [1.82, 2.24) is 9.80 Å². The summed E-state index contributed by atoms with van der Waals surface area (Å²) >= 11 is 3.38. The first-order chi connectivity index (χ1) is 37.7. The summed E-state index contributed by atoms with van der Waals surface area (Å²) in [4.78, 5) is 43.1. The number of aromatic hydroxyl groups is 3. The van der Waals surface area contributed by atoms with E-state index in [0.717, 1.165) is 129 Å². The van der Waals surface area contributed by atoms with Crippen LogP contribution in [0.2, 0.25) is 0 Å². The molecule has 10 bridgehead atoms. The van der Waals surface area contributed by atoms with Crippen molar-refractivity contribution in [3.05, 3.63) is 69.8 Å². The van der Waals surface area contributed by atoms with Crippen LogP contribution in [0.25, 0.3) is 0 Å². The SMILES string of the molecule is BrCC1CC1.C.O=C1CC[C@@]2(O)[C@H]3Cc4ccc(O)c5c4[C@@]2(CCN3CC2CC2)[C@H]1O5.O=C1CC[C@]23OCN4CC[C@@]25c2c(ccc(O)c2O[C@@H]15)C[C@@H]43.O=C1CC[C@]23OC[N@+]4(CC5CC5)CC[C@@]25c2c(ccc(O)c2O[C@@H]15)C[C@H]34.[Br-]. The molecule has 0 aromatic heterocycles. The number of likely N-dealkylation sites (tertiary alicyclic amines) is 1. The number of benzene rings is 3. The van der Waals surface area contributed by atoms with Crippen LogP contribution in [0.4, 0.5) is 0 Å². The summed E-state index contributed by atoms with van der Waals surface area (Å²) in [6.45, 7) is 6.65. The summed E-state index contributed by atoms with van der Waals surface area (Å²) in [5.41, 5.74) is 3.77. The molecule has 4 N–H and O–H groups in total. The molecule has 11 fully saturated rings. The molecular weight excluding hydrogens is 1150 g/mol. The highest BCUT2D eigenvalue weighted by Crippen LogP contribution is 2.71. The largest absolute Gasteiger partial charge is 1.00 e. The van der Waals surface area contributed by atoms with Gasteiger partial charge in [-0.1, -0.05) is 41.6 Å². The molecule has 3 aromatic carbocycles. The number of aliphatic hydroxyl groups is 1. The van der Waals surface area contributed by atoms with E-state index in [1.165, 1.54) is 61.5 Å². The Kier molecular flexibility index (Phi) is 11.7. The van der Waals surface area contributed by atoms with E-state index in [2.05, 4.69) is 31.8 Å². The van der Waals surface area contributed by atoms with Crippen LogP contribution < -0.4 is 31.2 Å². The smallest absolute Gasteiger partial charge is 0.184 e. The minimum Gasteiger partial charge on any atom is -1.00 e. The van der Waals surface area contributed by atoms with E-state index in [9.17, 15) is 34.8 Å². The summed E-state index contributed by atoms with van der Waals surface area (Å²) in [6, 6.07) is 12.0. The first-order valence-electron chi connectivity index (χ1n) is 29.8. The predicted octanol–water partition coefficient (Wildman–Crippen LogP) is 4.10. The first kappa shape index (κ1) is 53.0. The van der Waals surface area contributed by atoms with Crippen LogP contribution >= 0.6 is 15.9 Å². The number of carbonyl (C=O) groups excluding carboxylic acids is 3. The molecule has 0 amide bonds. The number of hydrogen-bond donors (Lipinski definition) is 4. The molecular formula is C63H75Br2N3O12. The van der Waals surface area contributed by atoms with Crippen LogP contribution in [0.15, 0.2) is 36.4 Å². The Labute approximate surface area is 486 Å². The topological polar surface area (TPSA) is 185 Å². The number of ether oxygens (including phenoxy) is 5. The average molecular weight is 1230 g/mol. The number of ketones is 3. The number of piperidine rings is 3. The standard InChI is InChI=1S/C21H23NO4.C20H23NO4.C17H17NO4.C4H7Br.CH4.BrH/c23-14-4-3-13-9-16-21-6-5-15(24)19-20(21,17(13)18(14)26-19)7-8-22(16,11-25-21)10-12-1-2-12;22-13-4-3-12-9-15-20(24)6-5-14(23)18-19(20,16(12)17(13)25-18)7-8-21(15)10-11-1-2-11;19-10-2-1-9-7-12-17-4-3-11(20)15-16(17,13(9)14(10)22-15)5-6-18(12)8-21-17;5-3-4-1-2-4;;/h3-4,12,16,19H,1-2,5-11H2;3-4,11,15,18,22,24H,1-2,5-10H2;1-2,12,15,19H,3-8H2;4H,1-3H2;1H4;1H/t16-,19+,20+,21-,22-;15-,18+,19+,20-;12-,15+,16+,17-;;;/m111.../s1. The molecule has 20 rings (SSSR count). The number of halogens is 2. The van der Waals surface area contributed by atoms with Gasteiger partial charge in [0.15, 0.2) is 76.9 Å². The molecule has 428 valence electrons. The number of phenolic OH excluding ortho intramolecular Hbond substituents is 3. The second-order valence-corrected chi connectivity index (χ2v) is 27.9. The number of quaternary nitrogens is 1. The molecule has 9 aliphatic carbocycles. The van der Waals surface area contributed by atoms with E-state index >= 15 is 0 Å². The quantitative estimate of drug-likeness (QED) is 0.212. The molecule has 5 spiro atoms. The van der Waals surface area contributed by atoms with E-state index in [1.807, 2.05) is 12.1 Å². The zero-order chi connectivity index (χ0) is 52.7. The number of hydrogen-bond acceptors (Lipinski definition) is 14. The minimum absolute atomic E-state index is 0. The highest BCUT2D eigenvalue weighted by Gasteiger charge is 2.82. The number of alkyl halides is 1. The minimum atomic E-state index is -0.940. The Morgan fingerprint density at radius 1 is 0.588 bits per heavy atom. The Morgan fingerprint density at radius 3 is 1.68 bits per heavy atom. The maximum absolute atomic E-state index is 12.9. The lowest BCUT2D eigenvalue weighted by Crippen LogP contribution is -3.00. The van der Waals surface area contributed by atoms with Crippen molar-refractivity contribution in [2.24, 2.45) is 17.8 Å². The van der Waals surface area contributed by atoms with Crippen LogP contribution in [-0.4, -0.2) is 157 Å². The van der Waals surface area contributed by atoms with Crippen molar-refractivity contribution in [1.29, 1.82) is 0 Å². The number of phenols is 3. The molecule has 80 heavy (non-hydrogen) atoms. The van der Waals surface area contributed by atoms with E-state index < -0.39 is 29.3 Å². The second kappa shape index (κ2) is 17.6. The van der Waals surface area contributed by atoms with Crippen LogP contribution in [0.5, 0.6) is 34.5 Å². The molecule has 14 atom stereocenters. The third-order valence-corrected chi connectivity index (χ3v) is 24.8. The molecule has 0 radical (unpaired) electrons. The zero-order valence-corrected chi connectivity index (χ0v) is 47.9. The molecule has 15 nitrogen and oxygen atoms in total. The van der Waals surface area contributed by atoms with Gasteiger partial charge in [-0.2, -0.15) is 0 Å². The van der Waals surface area contributed by atoms with E-state index in [4.69, 9.17) is 23.7 Å². The number of rotatable bonds is 5. The molecule has 3 aromatic rings.